The second kappa shape index (κ2) is 8.64. The Hall–Kier alpha value is -2.93. The van der Waals surface area contributed by atoms with E-state index in [-0.39, 0.29) is 18.0 Å². The molecular formula is C20H23N3O4. The molecule has 1 amide bonds. The first-order chi connectivity index (χ1) is 13.0. The van der Waals surface area contributed by atoms with Crippen LogP contribution in [-0.2, 0) is 9.53 Å². The lowest BCUT2D eigenvalue weighted by Crippen LogP contribution is -2.36. The minimum absolute atomic E-state index is 0.195. The molecular weight excluding hydrogens is 346 g/mol. The number of aromatic nitrogens is 1. The Balaban J connectivity index is 1.79. The predicted octanol–water partition coefficient (Wildman–Crippen LogP) is 2.17. The van der Waals surface area contributed by atoms with Gasteiger partial charge in [-0.15, -0.1) is 0 Å². The number of nitrogens with zero attached hydrogens (tertiary/aromatic N) is 2. The molecule has 0 unspecified atom stereocenters. The van der Waals surface area contributed by atoms with Crippen LogP contribution in [0.5, 0.6) is 0 Å². The Morgan fingerprint density at radius 3 is 2.70 bits per heavy atom. The van der Waals surface area contributed by atoms with Crippen LogP contribution in [0.3, 0.4) is 0 Å². The number of carboxylic acid groups (broad SMARTS) is 1. The summed E-state index contributed by atoms with van der Waals surface area (Å²) in [6, 6.07) is 10.4. The van der Waals surface area contributed by atoms with E-state index in [9.17, 15) is 14.7 Å². The van der Waals surface area contributed by atoms with E-state index in [4.69, 9.17) is 4.74 Å². The molecule has 142 valence electrons. The van der Waals surface area contributed by atoms with E-state index in [1.54, 1.807) is 12.3 Å². The van der Waals surface area contributed by atoms with Crippen LogP contribution in [0.25, 0.3) is 0 Å². The van der Waals surface area contributed by atoms with E-state index in [0.29, 0.717) is 13.2 Å². The number of hydrogen-bond donors (Lipinski definition) is 2. The molecule has 3 rings (SSSR count). The first-order valence-corrected chi connectivity index (χ1v) is 8.91. The van der Waals surface area contributed by atoms with E-state index < -0.39 is 12.0 Å². The number of ether oxygens (including phenoxy) is 1. The first kappa shape index (κ1) is 18.8. The number of carbonyl (C=O) groups is 2. The van der Waals surface area contributed by atoms with Crippen molar-refractivity contribution in [3.63, 3.8) is 0 Å². The molecule has 0 bridgehead atoms. The van der Waals surface area contributed by atoms with E-state index in [1.807, 2.05) is 37.3 Å². The second-order valence-electron chi connectivity index (χ2n) is 6.48. The fourth-order valence-corrected chi connectivity index (χ4v) is 3.19. The quantitative estimate of drug-likeness (QED) is 0.811. The first-order valence-electron chi connectivity index (χ1n) is 8.91. The van der Waals surface area contributed by atoms with Crippen LogP contribution in [0.2, 0.25) is 0 Å². The molecule has 2 N–H and O–H groups in total. The zero-order valence-electron chi connectivity index (χ0n) is 15.2. The smallest absolute Gasteiger partial charge is 0.305 e. The average molecular weight is 369 g/mol. The lowest BCUT2D eigenvalue weighted by molar-refractivity contribution is -0.137. The van der Waals surface area contributed by atoms with Gasteiger partial charge in [-0.05, 0) is 30.2 Å². The maximum Gasteiger partial charge on any atom is 0.305 e. The van der Waals surface area contributed by atoms with Crippen molar-refractivity contribution in [3.8, 4) is 0 Å². The molecule has 1 fully saturated rings. The highest BCUT2D eigenvalue weighted by Crippen LogP contribution is 2.22. The summed E-state index contributed by atoms with van der Waals surface area (Å²) in [7, 11) is 0. The van der Waals surface area contributed by atoms with Crippen LogP contribution in [0, 0.1) is 6.92 Å². The van der Waals surface area contributed by atoms with Crippen molar-refractivity contribution >= 4 is 17.6 Å². The fourth-order valence-electron chi connectivity index (χ4n) is 3.19. The number of anilines is 1. The Morgan fingerprint density at radius 1 is 1.26 bits per heavy atom. The maximum absolute atomic E-state index is 12.7. The van der Waals surface area contributed by atoms with E-state index in [2.05, 4.69) is 15.2 Å². The molecule has 0 spiro atoms. The van der Waals surface area contributed by atoms with Gasteiger partial charge in [-0.1, -0.05) is 24.3 Å². The van der Waals surface area contributed by atoms with Gasteiger partial charge in [0.2, 0.25) is 0 Å². The van der Waals surface area contributed by atoms with Crippen molar-refractivity contribution in [1.29, 1.82) is 0 Å². The van der Waals surface area contributed by atoms with Crippen molar-refractivity contribution in [2.24, 2.45) is 0 Å². The molecule has 1 aliphatic rings. The molecule has 1 atom stereocenters. The predicted molar refractivity (Wildman–Crippen MR) is 101 cm³/mol. The van der Waals surface area contributed by atoms with Gasteiger partial charge >= 0.3 is 5.97 Å². The maximum atomic E-state index is 12.7. The van der Waals surface area contributed by atoms with Gasteiger partial charge in [0.15, 0.2) is 0 Å². The van der Waals surface area contributed by atoms with E-state index in [0.717, 1.165) is 29.9 Å². The third-order valence-electron chi connectivity index (χ3n) is 4.60. The van der Waals surface area contributed by atoms with Gasteiger partial charge in [-0.2, -0.15) is 0 Å². The number of carbonyl (C=O) groups excluding carboxylic acids is 1. The van der Waals surface area contributed by atoms with E-state index >= 15 is 0 Å². The lowest BCUT2D eigenvalue weighted by atomic mass is 9.98. The monoisotopic (exact) mass is 369 g/mol. The summed E-state index contributed by atoms with van der Waals surface area (Å²) >= 11 is 0. The molecule has 1 aromatic carbocycles. The van der Waals surface area contributed by atoms with Gasteiger partial charge in [0.1, 0.15) is 5.69 Å². The SMILES string of the molecule is Cc1ccccc1[C@H](CC(=O)O)NC(=O)c1cc(N2CCOCC2)ccn1. The van der Waals surface area contributed by atoms with Crippen LogP contribution in [-0.4, -0.2) is 48.3 Å². The highest BCUT2D eigenvalue weighted by molar-refractivity contribution is 5.93. The van der Waals surface area contributed by atoms with Gasteiger partial charge in [0, 0.05) is 25.0 Å². The summed E-state index contributed by atoms with van der Waals surface area (Å²) in [6.07, 6.45) is 1.40. The molecule has 1 aliphatic heterocycles. The third kappa shape index (κ3) is 4.83. The van der Waals surface area contributed by atoms with Crippen molar-refractivity contribution in [2.75, 3.05) is 31.2 Å². The zero-order chi connectivity index (χ0) is 19.2. The van der Waals surface area contributed by atoms with Crippen molar-refractivity contribution in [1.82, 2.24) is 10.3 Å². The number of aryl methyl sites for hydroxylation is 1. The molecule has 27 heavy (non-hydrogen) atoms. The molecule has 7 nitrogen and oxygen atoms in total. The number of benzene rings is 1. The molecule has 0 aliphatic carbocycles. The summed E-state index contributed by atoms with van der Waals surface area (Å²) in [6.45, 7) is 4.72. The molecule has 2 aromatic rings. The number of morpholine rings is 1. The number of amides is 1. The van der Waals surface area contributed by atoms with E-state index in [1.165, 1.54) is 0 Å². The molecule has 1 saturated heterocycles. The number of nitrogens with one attached hydrogen (secondary N) is 1. The van der Waals surface area contributed by atoms with Gasteiger partial charge < -0.3 is 20.1 Å². The fraction of sp³-hybridized carbons (Fsp3) is 0.350. The summed E-state index contributed by atoms with van der Waals surface area (Å²) in [5.41, 5.74) is 2.89. The van der Waals surface area contributed by atoms with Crippen LogP contribution in [0.4, 0.5) is 5.69 Å². The summed E-state index contributed by atoms with van der Waals surface area (Å²) in [5, 5.41) is 12.1. The minimum Gasteiger partial charge on any atom is -0.481 e. The molecule has 7 heteroatoms. The van der Waals surface area contributed by atoms with Crippen molar-refractivity contribution < 1.29 is 19.4 Å². The average Bonchev–Trinajstić information content (AvgIpc) is 2.68. The van der Waals surface area contributed by atoms with Crippen LogP contribution >= 0.6 is 0 Å². The second-order valence-corrected chi connectivity index (χ2v) is 6.48. The van der Waals surface area contributed by atoms with Gasteiger partial charge in [-0.3, -0.25) is 14.6 Å². The normalized spacial score (nSPS) is 15.2. The number of pyridine rings is 1. The van der Waals surface area contributed by atoms with Crippen LogP contribution in [0.15, 0.2) is 42.6 Å². The highest BCUT2D eigenvalue weighted by Gasteiger charge is 2.21. The Kier molecular flexibility index (Phi) is 6.03. The van der Waals surface area contributed by atoms with Gasteiger partial charge in [0.25, 0.3) is 5.91 Å². The number of hydrogen-bond acceptors (Lipinski definition) is 5. The van der Waals surface area contributed by atoms with Gasteiger partial charge in [-0.25, -0.2) is 0 Å². The zero-order valence-corrected chi connectivity index (χ0v) is 15.2. The molecule has 1 aromatic heterocycles. The third-order valence-corrected chi connectivity index (χ3v) is 4.60. The Labute approximate surface area is 158 Å². The highest BCUT2D eigenvalue weighted by atomic mass is 16.5. The van der Waals surface area contributed by atoms with Crippen molar-refractivity contribution in [2.45, 2.75) is 19.4 Å². The number of aliphatic carboxylic acids is 1. The molecule has 2 heterocycles. The standard InChI is InChI=1S/C20H23N3O4/c1-14-4-2-3-5-16(14)17(13-19(24)25)22-20(26)18-12-15(6-7-21-18)23-8-10-27-11-9-23/h2-7,12,17H,8-11,13H2,1H3,(H,22,26)(H,24,25)/t17-/m0/s1. The van der Waals surface area contributed by atoms with Crippen LogP contribution < -0.4 is 10.2 Å². The minimum atomic E-state index is -0.974. The number of carboxylic acids is 1. The molecule has 0 saturated carbocycles. The lowest BCUT2D eigenvalue weighted by Gasteiger charge is -2.29. The van der Waals surface area contributed by atoms with Crippen LogP contribution in [0.1, 0.15) is 34.1 Å². The summed E-state index contributed by atoms with van der Waals surface area (Å²) in [4.78, 5) is 30.3. The Morgan fingerprint density at radius 2 is 2.00 bits per heavy atom. The van der Waals surface area contributed by atoms with Crippen molar-refractivity contribution in [3.05, 3.63) is 59.4 Å². The summed E-state index contributed by atoms with van der Waals surface area (Å²) < 4.78 is 5.36. The van der Waals surface area contributed by atoms with Gasteiger partial charge in [0.05, 0.1) is 25.7 Å². The molecule has 0 radical (unpaired) electrons. The summed E-state index contributed by atoms with van der Waals surface area (Å²) in [5.74, 6) is -1.36. The Bertz CT molecular complexity index is 818. The topological polar surface area (TPSA) is 91.8 Å². The largest absolute Gasteiger partial charge is 0.481 e. The number of rotatable bonds is 6.